The van der Waals surface area contributed by atoms with Crippen LogP contribution in [0.3, 0.4) is 0 Å². The molecule has 1 aromatic heterocycles. The van der Waals surface area contributed by atoms with E-state index < -0.39 is 27.3 Å². The highest BCUT2D eigenvalue weighted by Crippen LogP contribution is 2.35. The van der Waals surface area contributed by atoms with E-state index in [9.17, 15) is 14.4 Å². The number of alkyl carbamates (subject to hydrolysis) is 1. The fourth-order valence-corrected chi connectivity index (χ4v) is 1.85. The van der Waals surface area contributed by atoms with Gasteiger partial charge in [-0.25, -0.2) is 9.59 Å². The van der Waals surface area contributed by atoms with Gasteiger partial charge in [0, 0.05) is 11.8 Å². The van der Waals surface area contributed by atoms with Crippen molar-refractivity contribution in [3.05, 3.63) is 32.6 Å². The van der Waals surface area contributed by atoms with Gasteiger partial charge in [0.15, 0.2) is 6.17 Å². The van der Waals surface area contributed by atoms with E-state index in [0.29, 0.717) is 0 Å². The number of nitrogens with zero attached hydrogens (tertiary/aromatic N) is 1. The summed E-state index contributed by atoms with van der Waals surface area (Å²) < 4.78 is 3.55. The lowest BCUT2D eigenvalue weighted by Crippen LogP contribution is -2.46. The molecule has 20 heavy (non-hydrogen) atoms. The minimum Gasteiger partial charge on any atom is -0.450 e. The number of aromatic nitrogens is 2. The number of alkyl halides is 3. The summed E-state index contributed by atoms with van der Waals surface area (Å²) in [6, 6.07) is 0. The molecule has 0 aliphatic carbocycles. The summed E-state index contributed by atoms with van der Waals surface area (Å²) in [4.78, 5) is 36.6. The van der Waals surface area contributed by atoms with Crippen molar-refractivity contribution < 1.29 is 9.53 Å². The van der Waals surface area contributed by atoms with Crippen molar-refractivity contribution in [2.45, 2.75) is 23.8 Å². The second-order valence-electron chi connectivity index (χ2n) is 3.79. The predicted molar refractivity (Wildman–Crippen MR) is 75.5 cm³/mol. The Kier molecular flexibility index (Phi) is 5.50. The molecule has 0 saturated heterocycles. The highest BCUT2D eigenvalue weighted by molar-refractivity contribution is 6.67. The van der Waals surface area contributed by atoms with E-state index >= 15 is 0 Å². The Morgan fingerprint density at radius 1 is 1.50 bits per heavy atom. The first-order valence-corrected chi connectivity index (χ1v) is 6.62. The van der Waals surface area contributed by atoms with Gasteiger partial charge in [0.2, 0.25) is 3.79 Å². The molecular weight excluding hydrogens is 332 g/mol. The first-order chi connectivity index (χ1) is 9.16. The van der Waals surface area contributed by atoms with Crippen LogP contribution in [0.25, 0.3) is 0 Å². The molecule has 0 bridgehead atoms. The number of hydrogen-bond donors (Lipinski definition) is 2. The van der Waals surface area contributed by atoms with Gasteiger partial charge in [-0.1, -0.05) is 34.8 Å². The second-order valence-corrected chi connectivity index (χ2v) is 6.16. The average molecular weight is 345 g/mol. The van der Waals surface area contributed by atoms with E-state index in [-0.39, 0.29) is 12.2 Å². The maximum absolute atomic E-state index is 11.8. The number of aromatic amines is 1. The lowest BCUT2D eigenvalue weighted by molar-refractivity contribution is 0.143. The Labute approximate surface area is 128 Å². The fraction of sp³-hybridized carbons (Fsp3) is 0.500. The Morgan fingerprint density at radius 2 is 2.10 bits per heavy atom. The molecule has 0 saturated carbocycles. The SMILES string of the molecule is CCOC(=O)N[C@@H](n1cc(C)c(=O)[nH]c1=O)C(Cl)(Cl)Cl. The molecule has 0 aromatic carbocycles. The highest BCUT2D eigenvalue weighted by atomic mass is 35.6. The Morgan fingerprint density at radius 3 is 2.60 bits per heavy atom. The van der Waals surface area contributed by atoms with Crippen LogP contribution < -0.4 is 16.6 Å². The van der Waals surface area contributed by atoms with Gasteiger partial charge >= 0.3 is 11.8 Å². The number of carbonyl (C=O) groups excluding carboxylic acids is 1. The standard InChI is InChI=1S/C10H12Cl3N3O4/c1-3-20-9(19)15-7(10(11,12)13)16-4-5(2)6(17)14-8(16)18/h4,7H,3H2,1-2H3,(H,15,19)(H,14,17,18)/t7-/m0/s1. The van der Waals surface area contributed by atoms with Gasteiger partial charge in [0.1, 0.15) is 0 Å². The molecule has 7 nitrogen and oxygen atoms in total. The lowest BCUT2D eigenvalue weighted by atomic mass is 10.4. The van der Waals surface area contributed by atoms with Crippen molar-refractivity contribution in [2.75, 3.05) is 6.61 Å². The molecule has 2 N–H and O–H groups in total. The summed E-state index contributed by atoms with van der Waals surface area (Å²) in [5, 5.41) is 2.25. The van der Waals surface area contributed by atoms with E-state index in [0.717, 1.165) is 4.57 Å². The smallest absolute Gasteiger partial charge is 0.408 e. The summed E-state index contributed by atoms with van der Waals surface area (Å²) in [6.45, 7) is 3.17. The summed E-state index contributed by atoms with van der Waals surface area (Å²) in [5.41, 5.74) is -1.17. The van der Waals surface area contributed by atoms with Crippen LogP contribution in [0.1, 0.15) is 18.7 Å². The van der Waals surface area contributed by atoms with E-state index in [1.54, 1.807) is 6.92 Å². The zero-order valence-electron chi connectivity index (χ0n) is 10.6. The quantitative estimate of drug-likeness (QED) is 0.812. The van der Waals surface area contributed by atoms with Gasteiger partial charge in [-0.2, -0.15) is 0 Å². The summed E-state index contributed by atoms with van der Waals surface area (Å²) in [7, 11) is 0. The summed E-state index contributed by atoms with van der Waals surface area (Å²) in [6.07, 6.45) is -1.02. The Balaban J connectivity index is 3.25. The largest absolute Gasteiger partial charge is 0.450 e. The molecule has 1 rings (SSSR count). The van der Waals surface area contributed by atoms with Gasteiger partial charge in [-0.05, 0) is 13.8 Å². The third-order valence-corrected chi connectivity index (χ3v) is 2.88. The molecule has 1 amide bonds. The predicted octanol–water partition coefficient (Wildman–Crippen LogP) is 1.46. The molecule has 0 aliphatic rings. The highest BCUT2D eigenvalue weighted by Gasteiger charge is 2.36. The van der Waals surface area contributed by atoms with Crippen molar-refractivity contribution in [3.63, 3.8) is 0 Å². The first-order valence-electron chi connectivity index (χ1n) is 5.49. The molecule has 0 fully saturated rings. The topological polar surface area (TPSA) is 93.2 Å². The minimum absolute atomic E-state index is 0.109. The van der Waals surface area contributed by atoms with Crippen molar-refractivity contribution >= 4 is 40.9 Å². The van der Waals surface area contributed by atoms with Crippen molar-refractivity contribution in [1.29, 1.82) is 0 Å². The van der Waals surface area contributed by atoms with Gasteiger partial charge in [-0.15, -0.1) is 0 Å². The maximum Gasteiger partial charge on any atom is 0.408 e. The van der Waals surface area contributed by atoms with Gasteiger partial charge in [-0.3, -0.25) is 19.7 Å². The number of H-pyrrole nitrogens is 1. The molecule has 0 aliphatic heterocycles. The zero-order chi connectivity index (χ0) is 15.5. The number of carbonyl (C=O) groups is 1. The van der Waals surface area contributed by atoms with Gasteiger partial charge < -0.3 is 4.74 Å². The molecule has 1 heterocycles. The maximum atomic E-state index is 11.8. The van der Waals surface area contributed by atoms with Crippen molar-refractivity contribution in [2.24, 2.45) is 0 Å². The van der Waals surface area contributed by atoms with Crippen LogP contribution in [-0.2, 0) is 4.74 Å². The fourth-order valence-electron chi connectivity index (χ4n) is 1.37. The molecule has 0 spiro atoms. The third kappa shape index (κ3) is 4.16. The monoisotopic (exact) mass is 343 g/mol. The van der Waals surface area contributed by atoms with Crippen LogP contribution in [-0.4, -0.2) is 26.0 Å². The first kappa shape index (κ1) is 16.9. The Bertz CT molecular complexity index is 605. The summed E-state index contributed by atoms with van der Waals surface area (Å²) in [5.74, 6) is 0. The molecule has 1 aromatic rings. The Hall–Kier alpha value is -1.18. The number of nitrogens with one attached hydrogen (secondary N) is 2. The van der Waals surface area contributed by atoms with Gasteiger partial charge in [0.05, 0.1) is 6.61 Å². The number of halogens is 3. The van der Waals surface area contributed by atoms with Crippen LogP contribution in [0.2, 0.25) is 0 Å². The second kappa shape index (κ2) is 6.51. The third-order valence-electron chi connectivity index (χ3n) is 2.26. The van der Waals surface area contributed by atoms with Crippen molar-refractivity contribution in [3.8, 4) is 0 Å². The van der Waals surface area contributed by atoms with Crippen LogP contribution in [0.4, 0.5) is 4.79 Å². The van der Waals surface area contributed by atoms with Gasteiger partial charge in [0.25, 0.3) is 5.56 Å². The zero-order valence-corrected chi connectivity index (χ0v) is 12.8. The summed E-state index contributed by atoms with van der Waals surface area (Å²) >= 11 is 17.3. The number of aryl methyl sites for hydroxylation is 1. The number of hydrogen-bond acceptors (Lipinski definition) is 4. The van der Waals surface area contributed by atoms with Crippen LogP contribution in [0, 0.1) is 6.92 Å². The number of rotatable bonds is 3. The van der Waals surface area contributed by atoms with E-state index in [4.69, 9.17) is 34.8 Å². The molecular formula is C10H12Cl3N3O4. The molecule has 0 unspecified atom stereocenters. The molecule has 1 atom stereocenters. The lowest BCUT2D eigenvalue weighted by Gasteiger charge is -2.26. The van der Waals surface area contributed by atoms with Crippen LogP contribution in [0.15, 0.2) is 15.8 Å². The average Bonchev–Trinajstić information content (AvgIpc) is 2.30. The molecule has 112 valence electrons. The number of ether oxygens (including phenoxy) is 1. The van der Waals surface area contributed by atoms with Crippen molar-refractivity contribution in [1.82, 2.24) is 14.9 Å². The number of amides is 1. The van der Waals surface area contributed by atoms with Crippen LogP contribution >= 0.6 is 34.8 Å². The minimum atomic E-state index is -2.03. The van der Waals surface area contributed by atoms with E-state index in [1.165, 1.54) is 13.1 Å². The van der Waals surface area contributed by atoms with Crippen LogP contribution in [0.5, 0.6) is 0 Å². The molecule has 0 radical (unpaired) electrons. The normalized spacial score (nSPS) is 12.8. The van der Waals surface area contributed by atoms with E-state index in [2.05, 4.69) is 10.1 Å². The van der Waals surface area contributed by atoms with E-state index in [1.807, 2.05) is 4.98 Å². The molecule has 10 heteroatoms.